The Morgan fingerprint density at radius 2 is 1.48 bits per heavy atom. The van der Waals surface area contributed by atoms with E-state index in [-0.39, 0.29) is 23.5 Å². The van der Waals surface area contributed by atoms with Crippen molar-refractivity contribution in [2.45, 2.75) is 6.42 Å². The maximum absolute atomic E-state index is 11.8. The Morgan fingerprint density at radius 3 is 2.14 bits per heavy atom. The van der Waals surface area contributed by atoms with E-state index in [2.05, 4.69) is 10.9 Å². The van der Waals surface area contributed by atoms with Gasteiger partial charge in [-0.15, -0.1) is 0 Å². The minimum absolute atomic E-state index is 0.0136. The number of carbonyl (C=O) groups excluding carboxylic acids is 2. The average Bonchev–Trinajstić information content (AvgIpc) is 2.48. The van der Waals surface area contributed by atoms with Gasteiger partial charge in [0.05, 0.1) is 12.0 Å². The molecule has 6 nitrogen and oxygen atoms in total. The van der Waals surface area contributed by atoms with Crippen molar-refractivity contribution in [3.63, 3.8) is 0 Å². The number of amides is 2. The Labute approximate surface area is 121 Å². The van der Waals surface area contributed by atoms with Gasteiger partial charge in [-0.1, -0.05) is 30.3 Å². The van der Waals surface area contributed by atoms with Crippen molar-refractivity contribution in [2.75, 3.05) is 0 Å². The maximum atomic E-state index is 11.8. The standard InChI is InChI=1S/C15H14N2O4/c18-12-7-3-1-5-10(12)9-14(20)16-17-15(21)11-6-2-4-8-13(11)19/h1-8,18-19H,9H2,(H,16,20)(H,17,21). The lowest BCUT2D eigenvalue weighted by atomic mass is 10.1. The molecule has 2 rings (SSSR count). The summed E-state index contributed by atoms with van der Waals surface area (Å²) in [5.74, 6) is -1.27. The summed E-state index contributed by atoms with van der Waals surface area (Å²) in [5, 5.41) is 19.1. The molecule has 0 atom stereocenters. The van der Waals surface area contributed by atoms with E-state index in [4.69, 9.17) is 0 Å². The fourth-order valence-corrected chi connectivity index (χ4v) is 1.74. The van der Waals surface area contributed by atoms with Gasteiger partial charge in [-0.2, -0.15) is 0 Å². The van der Waals surface area contributed by atoms with Gasteiger partial charge in [-0.3, -0.25) is 20.4 Å². The largest absolute Gasteiger partial charge is 0.508 e. The summed E-state index contributed by atoms with van der Waals surface area (Å²) in [6.07, 6.45) is -0.0757. The maximum Gasteiger partial charge on any atom is 0.273 e. The molecule has 2 aromatic carbocycles. The fourth-order valence-electron chi connectivity index (χ4n) is 1.74. The summed E-state index contributed by atoms with van der Waals surface area (Å²) in [7, 11) is 0. The highest BCUT2D eigenvalue weighted by Gasteiger charge is 2.12. The second kappa shape index (κ2) is 6.42. The summed E-state index contributed by atoms with van der Waals surface area (Å²) in [4.78, 5) is 23.4. The molecule has 0 aliphatic heterocycles. The molecule has 108 valence electrons. The van der Waals surface area contributed by atoms with Crippen LogP contribution < -0.4 is 10.9 Å². The van der Waals surface area contributed by atoms with Crippen LogP contribution in [0.2, 0.25) is 0 Å². The van der Waals surface area contributed by atoms with Gasteiger partial charge in [0.25, 0.3) is 5.91 Å². The second-order valence-electron chi connectivity index (χ2n) is 4.32. The van der Waals surface area contributed by atoms with Crippen LogP contribution in [0.15, 0.2) is 48.5 Å². The summed E-state index contributed by atoms with van der Waals surface area (Å²) in [5.41, 5.74) is 4.93. The average molecular weight is 286 g/mol. The molecule has 0 bridgehead atoms. The molecule has 2 aromatic rings. The highest BCUT2D eigenvalue weighted by atomic mass is 16.3. The highest BCUT2D eigenvalue weighted by molar-refractivity contribution is 5.97. The third-order valence-corrected chi connectivity index (χ3v) is 2.81. The van der Waals surface area contributed by atoms with Crippen molar-refractivity contribution in [3.05, 3.63) is 59.7 Å². The Morgan fingerprint density at radius 1 is 0.857 bits per heavy atom. The molecule has 0 spiro atoms. The number of aromatic hydroxyl groups is 2. The topological polar surface area (TPSA) is 98.7 Å². The Bertz CT molecular complexity index is 670. The predicted molar refractivity (Wildman–Crippen MR) is 75.5 cm³/mol. The van der Waals surface area contributed by atoms with Gasteiger partial charge in [-0.25, -0.2) is 0 Å². The summed E-state index contributed by atoms with van der Waals surface area (Å²) in [6.45, 7) is 0. The second-order valence-corrected chi connectivity index (χ2v) is 4.32. The van der Waals surface area contributed by atoms with E-state index in [0.29, 0.717) is 5.56 Å². The van der Waals surface area contributed by atoms with Gasteiger partial charge in [0.2, 0.25) is 5.91 Å². The molecular weight excluding hydrogens is 272 g/mol. The van der Waals surface area contributed by atoms with Crippen LogP contribution in [0, 0.1) is 0 Å². The first-order chi connectivity index (χ1) is 10.1. The molecule has 0 aromatic heterocycles. The van der Waals surface area contributed by atoms with E-state index in [1.807, 2.05) is 0 Å². The summed E-state index contributed by atoms with van der Waals surface area (Å²) >= 11 is 0. The first kappa shape index (κ1) is 14.4. The smallest absolute Gasteiger partial charge is 0.273 e. The molecule has 0 unspecified atom stereocenters. The van der Waals surface area contributed by atoms with E-state index < -0.39 is 11.8 Å². The number of carbonyl (C=O) groups is 2. The van der Waals surface area contributed by atoms with Crippen molar-refractivity contribution in [3.8, 4) is 11.5 Å². The Balaban J connectivity index is 1.91. The Hall–Kier alpha value is -3.02. The SMILES string of the molecule is O=C(Cc1ccccc1O)NNC(=O)c1ccccc1O. The molecule has 4 N–H and O–H groups in total. The number of para-hydroxylation sites is 2. The van der Waals surface area contributed by atoms with Crippen molar-refractivity contribution < 1.29 is 19.8 Å². The molecular formula is C15H14N2O4. The highest BCUT2D eigenvalue weighted by Crippen LogP contribution is 2.16. The summed E-state index contributed by atoms with van der Waals surface area (Å²) in [6, 6.07) is 12.4. The zero-order valence-corrected chi connectivity index (χ0v) is 11.0. The molecule has 0 aliphatic rings. The van der Waals surface area contributed by atoms with Crippen molar-refractivity contribution in [1.82, 2.24) is 10.9 Å². The van der Waals surface area contributed by atoms with E-state index in [9.17, 15) is 19.8 Å². The van der Waals surface area contributed by atoms with Crippen LogP contribution in [0.3, 0.4) is 0 Å². The van der Waals surface area contributed by atoms with Gasteiger partial charge in [0.15, 0.2) is 0 Å². The number of hydrazine groups is 1. The van der Waals surface area contributed by atoms with Gasteiger partial charge < -0.3 is 10.2 Å². The molecule has 21 heavy (non-hydrogen) atoms. The van der Waals surface area contributed by atoms with Crippen molar-refractivity contribution in [1.29, 1.82) is 0 Å². The van der Waals surface area contributed by atoms with Crippen LogP contribution in [0.25, 0.3) is 0 Å². The third-order valence-electron chi connectivity index (χ3n) is 2.81. The minimum Gasteiger partial charge on any atom is -0.508 e. The van der Waals surface area contributed by atoms with Gasteiger partial charge in [0, 0.05) is 5.56 Å². The molecule has 0 fully saturated rings. The van der Waals surface area contributed by atoms with Crippen molar-refractivity contribution in [2.24, 2.45) is 0 Å². The van der Waals surface area contributed by atoms with E-state index in [1.54, 1.807) is 30.3 Å². The number of phenolic OH excluding ortho intramolecular Hbond substituents is 2. The van der Waals surface area contributed by atoms with Crippen LogP contribution in [-0.4, -0.2) is 22.0 Å². The number of hydrogen-bond acceptors (Lipinski definition) is 4. The number of rotatable bonds is 3. The predicted octanol–water partition coefficient (Wildman–Crippen LogP) is 1.10. The minimum atomic E-state index is -0.626. The van der Waals surface area contributed by atoms with Crippen LogP contribution in [0.4, 0.5) is 0 Å². The number of phenols is 2. The fraction of sp³-hybridized carbons (Fsp3) is 0.0667. The van der Waals surface area contributed by atoms with Crippen molar-refractivity contribution >= 4 is 11.8 Å². The van der Waals surface area contributed by atoms with E-state index in [0.717, 1.165) is 0 Å². The first-order valence-electron chi connectivity index (χ1n) is 6.22. The van der Waals surface area contributed by atoms with Gasteiger partial charge in [0.1, 0.15) is 11.5 Å². The number of nitrogens with one attached hydrogen (secondary N) is 2. The van der Waals surface area contributed by atoms with E-state index in [1.165, 1.54) is 18.2 Å². The summed E-state index contributed by atoms with van der Waals surface area (Å²) < 4.78 is 0. The van der Waals surface area contributed by atoms with Crippen LogP contribution in [0.5, 0.6) is 11.5 Å². The Kier molecular flexibility index (Phi) is 4.40. The van der Waals surface area contributed by atoms with Crippen LogP contribution >= 0.6 is 0 Å². The molecule has 2 amide bonds. The lowest BCUT2D eigenvalue weighted by Gasteiger charge is -2.09. The van der Waals surface area contributed by atoms with Crippen LogP contribution in [0.1, 0.15) is 15.9 Å². The number of benzene rings is 2. The molecule has 0 saturated heterocycles. The third kappa shape index (κ3) is 3.73. The molecule has 0 aliphatic carbocycles. The number of hydrogen-bond donors (Lipinski definition) is 4. The first-order valence-corrected chi connectivity index (χ1v) is 6.22. The normalized spacial score (nSPS) is 9.90. The molecule has 6 heteroatoms. The molecule has 0 saturated carbocycles. The molecule has 0 radical (unpaired) electrons. The van der Waals surface area contributed by atoms with Gasteiger partial charge >= 0.3 is 0 Å². The van der Waals surface area contributed by atoms with E-state index >= 15 is 0 Å². The lowest BCUT2D eigenvalue weighted by molar-refractivity contribution is -0.121. The lowest BCUT2D eigenvalue weighted by Crippen LogP contribution is -2.42. The van der Waals surface area contributed by atoms with Gasteiger partial charge in [-0.05, 0) is 18.2 Å². The quantitative estimate of drug-likeness (QED) is 0.635. The monoisotopic (exact) mass is 286 g/mol. The zero-order chi connectivity index (χ0) is 15.2. The zero-order valence-electron chi connectivity index (χ0n) is 11.0. The van der Waals surface area contributed by atoms with Crippen LogP contribution in [-0.2, 0) is 11.2 Å². The molecule has 0 heterocycles.